The molecule has 0 heterocycles. The Morgan fingerprint density at radius 3 is 2.48 bits per heavy atom. The fourth-order valence-electron chi connectivity index (χ4n) is 2.44. The maximum Gasteiger partial charge on any atom is 0.0462 e. The third-order valence-electron chi connectivity index (χ3n) is 3.53. The zero-order valence-corrected chi connectivity index (χ0v) is 13.8. The molecule has 1 nitrogen and oxygen atoms in total. The van der Waals surface area contributed by atoms with Gasteiger partial charge in [0.25, 0.3) is 0 Å². The molecule has 0 saturated carbocycles. The van der Waals surface area contributed by atoms with Crippen molar-refractivity contribution in [1.82, 2.24) is 5.32 Å². The zero-order chi connectivity index (χ0) is 14.7. The standard InChI is InChI=1S/C18H15BrClN/c19-16-9-8-15(18(20)10-16)12-21-11-14-6-3-5-13-4-1-2-7-17(13)14/h1-10,21H,11-12H2. The van der Waals surface area contributed by atoms with Crippen LogP contribution in [0.15, 0.2) is 65.1 Å². The third-order valence-corrected chi connectivity index (χ3v) is 4.37. The molecule has 3 aromatic carbocycles. The van der Waals surface area contributed by atoms with Gasteiger partial charge < -0.3 is 5.32 Å². The van der Waals surface area contributed by atoms with Gasteiger partial charge in [-0.15, -0.1) is 0 Å². The van der Waals surface area contributed by atoms with E-state index in [2.05, 4.69) is 63.7 Å². The maximum absolute atomic E-state index is 6.24. The molecule has 3 rings (SSSR count). The van der Waals surface area contributed by atoms with Crippen molar-refractivity contribution in [3.05, 3.63) is 81.3 Å². The topological polar surface area (TPSA) is 12.0 Å². The van der Waals surface area contributed by atoms with Crippen LogP contribution in [-0.4, -0.2) is 0 Å². The average Bonchev–Trinajstić information content (AvgIpc) is 2.50. The van der Waals surface area contributed by atoms with Gasteiger partial charge in [0.2, 0.25) is 0 Å². The summed E-state index contributed by atoms with van der Waals surface area (Å²) < 4.78 is 1.00. The monoisotopic (exact) mass is 359 g/mol. The normalized spacial score (nSPS) is 11.0. The van der Waals surface area contributed by atoms with E-state index in [0.717, 1.165) is 28.1 Å². The van der Waals surface area contributed by atoms with Crippen molar-refractivity contribution in [3.63, 3.8) is 0 Å². The van der Waals surface area contributed by atoms with Gasteiger partial charge in [-0.2, -0.15) is 0 Å². The van der Waals surface area contributed by atoms with E-state index < -0.39 is 0 Å². The van der Waals surface area contributed by atoms with Gasteiger partial charge in [-0.25, -0.2) is 0 Å². The van der Waals surface area contributed by atoms with Gasteiger partial charge in [-0.3, -0.25) is 0 Å². The van der Waals surface area contributed by atoms with Crippen molar-refractivity contribution in [1.29, 1.82) is 0 Å². The summed E-state index contributed by atoms with van der Waals surface area (Å²) >= 11 is 9.66. The van der Waals surface area contributed by atoms with Crippen LogP contribution in [0.5, 0.6) is 0 Å². The number of rotatable bonds is 4. The molecule has 0 atom stereocenters. The lowest BCUT2D eigenvalue weighted by atomic mass is 10.0. The molecular formula is C18H15BrClN. The fourth-order valence-corrected chi connectivity index (χ4v) is 3.18. The smallest absolute Gasteiger partial charge is 0.0462 e. The number of hydrogen-bond acceptors (Lipinski definition) is 1. The van der Waals surface area contributed by atoms with E-state index >= 15 is 0 Å². The highest BCUT2D eigenvalue weighted by Crippen LogP contribution is 2.22. The summed E-state index contributed by atoms with van der Waals surface area (Å²) in [5, 5.41) is 6.83. The molecule has 106 valence electrons. The Hall–Kier alpha value is -1.35. The van der Waals surface area contributed by atoms with Crippen molar-refractivity contribution in [2.24, 2.45) is 0 Å². The highest BCUT2D eigenvalue weighted by molar-refractivity contribution is 9.10. The number of nitrogens with one attached hydrogen (secondary N) is 1. The Bertz CT molecular complexity index is 765. The summed E-state index contributed by atoms with van der Waals surface area (Å²) in [7, 11) is 0. The molecule has 0 amide bonds. The summed E-state index contributed by atoms with van der Waals surface area (Å²) in [6.45, 7) is 1.59. The highest BCUT2D eigenvalue weighted by Gasteiger charge is 2.03. The minimum absolute atomic E-state index is 0.759. The van der Waals surface area contributed by atoms with Crippen molar-refractivity contribution >= 4 is 38.3 Å². The van der Waals surface area contributed by atoms with E-state index in [4.69, 9.17) is 11.6 Å². The second kappa shape index (κ2) is 6.61. The molecule has 0 aliphatic carbocycles. The van der Waals surface area contributed by atoms with E-state index in [9.17, 15) is 0 Å². The SMILES string of the molecule is Clc1cc(Br)ccc1CNCc1cccc2ccccc12. The first-order chi connectivity index (χ1) is 10.2. The van der Waals surface area contributed by atoms with Gasteiger partial charge in [0.05, 0.1) is 0 Å². The van der Waals surface area contributed by atoms with Crippen LogP contribution in [0.25, 0.3) is 10.8 Å². The van der Waals surface area contributed by atoms with Crippen LogP contribution in [0.3, 0.4) is 0 Å². The molecular weight excluding hydrogens is 346 g/mol. The Kier molecular flexibility index (Phi) is 4.59. The first kappa shape index (κ1) is 14.6. The molecule has 0 aromatic heterocycles. The molecule has 21 heavy (non-hydrogen) atoms. The van der Waals surface area contributed by atoms with Gasteiger partial charge in [-0.1, -0.05) is 76.1 Å². The molecule has 0 aliphatic heterocycles. The van der Waals surface area contributed by atoms with Crippen molar-refractivity contribution < 1.29 is 0 Å². The molecule has 0 fully saturated rings. The highest BCUT2D eigenvalue weighted by atomic mass is 79.9. The minimum Gasteiger partial charge on any atom is -0.309 e. The molecule has 0 bridgehead atoms. The van der Waals surface area contributed by atoms with Crippen LogP contribution >= 0.6 is 27.5 Å². The summed E-state index contributed by atoms with van der Waals surface area (Å²) in [4.78, 5) is 0. The summed E-state index contributed by atoms with van der Waals surface area (Å²) in [5.41, 5.74) is 2.42. The predicted molar refractivity (Wildman–Crippen MR) is 93.6 cm³/mol. The molecule has 1 N–H and O–H groups in total. The summed E-state index contributed by atoms with van der Waals surface area (Å²) in [5.74, 6) is 0. The van der Waals surface area contributed by atoms with Crippen molar-refractivity contribution in [2.45, 2.75) is 13.1 Å². The average molecular weight is 361 g/mol. The molecule has 0 radical (unpaired) electrons. The van der Waals surface area contributed by atoms with Crippen LogP contribution < -0.4 is 5.32 Å². The number of benzene rings is 3. The van der Waals surface area contributed by atoms with E-state index in [-0.39, 0.29) is 0 Å². The largest absolute Gasteiger partial charge is 0.309 e. The summed E-state index contributed by atoms with van der Waals surface area (Å²) in [6, 6.07) is 20.9. The number of halogens is 2. The van der Waals surface area contributed by atoms with Crippen LogP contribution in [-0.2, 0) is 13.1 Å². The third kappa shape index (κ3) is 3.46. The number of hydrogen-bond donors (Lipinski definition) is 1. The van der Waals surface area contributed by atoms with Crippen LogP contribution in [0, 0.1) is 0 Å². The second-order valence-electron chi connectivity index (χ2n) is 4.98. The lowest BCUT2D eigenvalue weighted by Crippen LogP contribution is -2.13. The Morgan fingerprint density at radius 2 is 1.62 bits per heavy atom. The minimum atomic E-state index is 0.759. The lowest BCUT2D eigenvalue weighted by molar-refractivity contribution is 0.696. The Balaban J connectivity index is 1.72. The van der Waals surface area contributed by atoms with Crippen LogP contribution in [0.2, 0.25) is 5.02 Å². The van der Waals surface area contributed by atoms with Gasteiger partial charge in [0.15, 0.2) is 0 Å². The Labute approximate surface area is 138 Å². The van der Waals surface area contributed by atoms with Gasteiger partial charge in [0, 0.05) is 22.6 Å². The summed E-state index contributed by atoms with van der Waals surface area (Å²) in [6.07, 6.45) is 0. The van der Waals surface area contributed by atoms with Gasteiger partial charge in [-0.05, 0) is 34.0 Å². The van der Waals surface area contributed by atoms with Crippen molar-refractivity contribution in [2.75, 3.05) is 0 Å². The maximum atomic E-state index is 6.24. The van der Waals surface area contributed by atoms with Crippen molar-refractivity contribution in [3.8, 4) is 0 Å². The predicted octanol–water partition coefficient (Wildman–Crippen LogP) is 5.55. The van der Waals surface area contributed by atoms with E-state index in [0.29, 0.717) is 0 Å². The number of fused-ring (bicyclic) bond motifs is 1. The van der Waals surface area contributed by atoms with Gasteiger partial charge in [0.1, 0.15) is 0 Å². The van der Waals surface area contributed by atoms with Gasteiger partial charge >= 0.3 is 0 Å². The lowest BCUT2D eigenvalue weighted by Gasteiger charge is -2.09. The molecule has 0 spiro atoms. The molecule has 0 unspecified atom stereocenters. The Morgan fingerprint density at radius 1 is 0.857 bits per heavy atom. The molecule has 0 aliphatic rings. The van der Waals surface area contributed by atoms with E-state index in [1.165, 1.54) is 16.3 Å². The first-order valence-electron chi connectivity index (χ1n) is 6.85. The van der Waals surface area contributed by atoms with E-state index in [1.54, 1.807) is 0 Å². The molecule has 0 saturated heterocycles. The molecule has 3 aromatic rings. The second-order valence-corrected chi connectivity index (χ2v) is 6.30. The zero-order valence-electron chi connectivity index (χ0n) is 11.4. The fraction of sp³-hybridized carbons (Fsp3) is 0.111. The quantitative estimate of drug-likeness (QED) is 0.643. The first-order valence-corrected chi connectivity index (χ1v) is 8.02. The van der Waals surface area contributed by atoms with Crippen LogP contribution in [0.4, 0.5) is 0 Å². The molecule has 3 heteroatoms. The van der Waals surface area contributed by atoms with Crippen LogP contribution in [0.1, 0.15) is 11.1 Å². The van der Waals surface area contributed by atoms with E-state index in [1.807, 2.05) is 18.2 Å².